The van der Waals surface area contributed by atoms with Gasteiger partial charge in [0.1, 0.15) is 11.5 Å². The Balaban J connectivity index is 1.49. The van der Waals surface area contributed by atoms with Crippen molar-refractivity contribution in [3.63, 3.8) is 0 Å². The molecule has 3 aromatic carbocycles. The van der Waals surface area contributed by atoms with E-state index in [0.717, 1.165) is 5.56 Å². The van der Waals surface area contributed by atoms with E-state index >= 15 is 0 Å². The minimum atomic E-state index is -0.895. The summed E-state index contributed by atoms with van der Waals surface area (Å²) in [7, 11) is 0. The Kier molecular flexibility index (Phi) is 7.91. The Labute approximate surface area is 191 Å². The first kappa shape index (κ1) is 23.2. The number of aryl methyl sites for hydroxylation is 1. The summed E-state index contributed by atoms with van der Waals surface area (Å²) >= 11 is 0. The maximum atomic E-state index is 12.3. The molecule has 33 heavy (non-hydrogen) atoms. The van der Waals surface area contributed by atoms with Gasteiger partial charge in [-0.1, -0.05) is 12.1 Å². The Bertz CT molecular complexity index is 1160. The molecule has 8 nitrogen and oxygen atoms in total. The monoisotopic (exact) mass is 445 g/mol. The lowest BCUT2D eigenvalue weighted by atomic mass is 10.2. The first-order chi connectivity index (χ1) is 15.9. The number of esters is 1. The molecular formula is C25H23N3O5. The second kappa shape index (κ2) is 11.2. The molecule has 3 rings (SSSR count). The zero-order valence-electron chi connectivity index (χ0n) is 18.2. The molecule has 0 heterocycles. The van der Waals surface area contributed by atoms with Crippen molar-refractivity contribution >= 4 is 29.7 Å². The highest BCUT2D eigenvalue weighted by atomic mass is 16.5. The molecule has 0 aliphatic heterocycles. The fourth-order valence-corrected chi connectivity index (χ4v) is 2.77. The number of hydrogen-bond donors (Lipinski definition) is 2. The topological polar surface area (TPSA) is 106 Å². The van der Waals surface area contributed by atoms with Gasteiger partial charge >= 0.3 is 17.8 Å². The molecule has 0 saturated heterocycles. The molecule has 2 N–H and O–H groups in total. The molecule has 0 spiro atoms. The fraction of sp³-hybridized carbons (Fsp3) is 0.120. The number of nitrogens with one attached hydrogen (secondary N) is 2. The van der Waals surface area contributed by atoms with Gasteiger partial charge in [-0.3, -0.25) is 9.59 Å². The summed E-state index contributed by atoms with van der Waals surface area (Å²) in [5.74, 6) is -1.18. The number of anilines is 1. The largest absolute Gasteiger partial charge is 0.494 e. The van der Waals surface area contributed by atoms with Crippen LogP contribution >= 0.6 is 0 Å². The van der Waals surface area contributed by atoms with Crippen molar-refractivity contribution in [3.8, 4) is 11.5 Å². The third kappa shape index (κ3) is 7.03. The number of benzene rings is 3. The minimum Gasteiger partial charge on any atom is -0.494 e. The maximum Gasteiger partial charge on any atom is 0.343 e. The van der Waals surface area contributed by atoms with Crippen LogP contribution in [-0.4, -0.2) is 30.6 Å². The highest BCUT2D eigenvalue weighted by Gasteiger charge is 2.13. The van der Waals surface area contributed by atoms with Crippen molar-refractivity contribution < 1.29 is 23.9 Å². The number of amides is 2. The quantitative estimate of drug-likeness (QED) is 0.190. The van der Waals surface area contributed by atoms with Crippen LogP contribution in [0.5, 0.6) is 11.5 Å². The van der Waals surface area contributed by atoms with E-state index < -0.39 is 17.8 Å². The molecule has 168 valence electrons. The number of nitrogens with zero attached hydrogens (tertiary/aromatic N) is 1. The highest BCUT2D eigenvalue weighted by Crippen LogP contribution is 2.16. The Hall–Kier alpha value is -4.46. The van der Waals surface area contributed by atoms with Crippen LogP contribution in [-0.2, 0) is 9.59 Å². The number of hydrogen-bond acceptors (Lipinski definition) is 6. The van der Waals surface area contributed by atoms with Gasteiger partial charge in [0.05, 0.1) is 18.4 Å². The summed E-state index contributed by atoms with van der Waals surface area (Å²) in [6.07, 6.45) is 1.37. The van der Waals surface area contributed by atoms with E-state index in [1.807, 2.05) is 19.9 Å². The van der Waals surface area contributed by atoms with Crippen LogP contribution in [0.25, 0.3) is 0 Å². The van der Waals surface area contributed by atoms with Crippen LogP contribution in [0, 0.1) is 6.92 Å². The molecule has 0 saturated carbocycles. The first-order valence-electron chi connectivity index (χ1n) is 10.2. The Morgan fingerprint density at radius 2 is 1.61 bits per heavy atom. The number of carbonyl (C=O) groups is 3. The summed E-state index contributed by atoms with van der Waals surface area (Å²) in [5, 5.41) is 6.28. The van der Waals surface area contributed by atoms with E-state index in [1.54, 1.807) is 66.7 Å². The van der Waals surface area contributed by atoms with E-state index in [2.05, 4.69) is 15.8 Å². The number of rotatable bonds is 7. The second-order valence-corrected chi connectivity index (χ2v) is 6.94. The van der Waals surface area contributed by atoms with E-state index in [-0.39, 0.29) is 0 Å². The van der Waals surface area contributed by atoms with Crippen LogP contribution in [0.3, 0.4) is 0 Å². The van der Waals surface area contributed by atoms with E-state index in [4.69, 9.17) is 9.47 Å². The van der Waals surface area contributed by atoms with Crippen molar-refractivity contribution in [3.05, 3.63) is 89.5 Å². The standard InChI is InChI=1S/C25H23N3O5/c1-3-32-21-13-9-19(10-14-21)25(31)33-22-11-7-18(8-12-22)16-26-28-24(30)23(29)27-20-6-4-5-17(2)15-20/h4-16H,3H2,1-2H3,(H,27,29)(H,28,30)/b26-16+. The second-order valence-electron chi connectivity index (χ2n) is 6.94. The lowest BCUT2D eigenvalue weighted by Gasteiger charge is -2.06. The van der Waals surface area contributed by atoms with Gasteiger partial charge in [0.2, 0.25) is 0 Å². The van der Waals surface area contributed by atoms with Crippen molar-refractivity contribution in [1.82, 2.24) is 5.43 Å². The first-order valence-corrected chi connectivity index (χ1v) is 10.2. The molecule has 0 aromatic heterocycles. The molecule has 0 aliphatic rings. The molecule has 0 bridgehead atoms. The molecule has 2 amide bonds. The molecular weight excluding hydrogens is 422 g/mol. The number of ether oxygens (including phenoxy) is 2. The lowest BCUT2D eigenvalue weighted by Crippen LogP contribution is -2.32. The Morgan fingerprint density at radius 1 is 0.909 bits per heavy atom. The highest BCUT2D eigenvalue weighted by molar-refractivity contribution is 6.39. The molecule has 0 fully saturated rings. The summed E-state index contributed by atoms with van der Waals surface area (Å²) in [6, 6.07) is 20.3. The minimum absolute atomic E-state index is 0.354. The average molecular weight is 445 g/mol. The van der Waals surface area contributed by atoms with Crippen molar-refractivity contribution in [2.75, 3.05) is 11.9 Å². The molecule has 0 aliphatic carbocycles. The zero-order valence-corrected chi connectivity index (χ0v) is 18.2. The van der Waals surface area contributed by atoms with Gasteiger partial charge in [-0.05, 0) is 85.6 Å². The molecule has 0 radical (unpaired) electrons. The number of carbonyl (C=O) groups excluding carboxylic acids is 3. The number of hydrazone groups is 1. The van der Waals surface area contributed by atoms with E-state index in [1.165, 1.54) is 6.21 Å². The maximum absolute atomic E-state index is 12.3. The summed E-state index contributed by atoms with van der Waals surface area (Å²) in [6.45, 7) is 4.31. The summed E-state index contributed by atoms with van der Waals surface area (Å²) < 4.78 is 10.7. The summed E-state index contributed by atoms with van der Waals surface area (Å²) in [5.41, 5.74) is 4.68. The van der Waals surface area contributed by atoms with Crippen LogP contribution in [0.1, 0.15) is 28.4 Å². The van der Waals surface area contributed by atoms with Gasteiger partial charge in [-0.15, -0.1) is 0 Å². The predicted octanol–water partition coefficient (Wildman–Crippen LogP) is 3.70. The smallest absolute Gasteiger partial charge is 0.343 e. The van der Waals surface area contributed by atoms with Crippen LogP contribution < -0.4 is 20.2 Å². The third-order valence-corrected chi connectivity index (χ3v) is 4.35. The molecule has 0 unspecified atom stereocenters. The SMILES string of the molecule is CCOc1ccc(C(=O)Oc2ccc(/C=N/NC(=O)C(=O)Nc3cccc(C)c3)cc2)cc1. The predicted molar refractivity (Wildman–Crippen MR) is 125 cm³/mol. The van der Waals surface area contributed by atoms with E-state index in [9.17, 15) is 14.4 Å². The Morgan fingerprint density at radius 3 is 2.27 bits per heavy atom. The summed E-state index contributed by atoms with van der Waals surface area (Å²) in [4.78, 5) is 36.1. The van der Waals surface area contributed by atoms with Crippen LogP contribution in [0.4, 0.5) is 5.69 Å². The zero-order chi connectivity index (χ0) is 23.6. The molecule has 3 aromatic rings. The van der Waals surface area contributed by atoms with Gasteiger partial charge < -0.3 is 14.8 Å². The molecule has 8 heteroatoms. The van der Waals surface area contributed by atoms with Gasteiger partial charge in [0.15, 0.2) is 0 Å². The van der Waals surface area contributed by atoms with Gasteiger partial charge in [-0.25, -0.2) is 10.2 Å². The van der Waals surface area contributed by atoms with Crippen LogP contribution in [0.2, 0.25) is 0 Å². The van der Waals surface area contributed by atoms with Crippen molar-refractivity contribution in [1.29, 1.82) is 0 Å². The lowest BCUT2D eigenvalue weighted by molar-refractivity contribution is -0.136. The van der Waals surface area contributed by atoms with Gasteiger partial charge in [0, 0.05) is 5.69 Å². The van der Waals surface area contributed by atoms with Crippen molar-refractivity contribution in [2.45, 2.75) is 13.8 Å². The third-order valence-electron chi connectivity index (χ3n) is 4.35. The van der Waals surface area contributed by atoms with Gasteiger partial charge in [0.25, 0.3) is 0 Å². The van der Waals surface area contributed by atoms with Crippen molar-refractivity contribution in [2.24, 2.45) is 5.10 Å². The fourth-order valence-electron chi connectivity index (χ4n) is 2.77. The molecule has 0 atom stereocenters. The van der Waals surface area contributed by atoms with E-state index in [0.29, 0.717) is 34.9 Å². The normalized spacial score (nSPS) is 10.5. The van der Waals surface area contributed by atoms with Gasteiger partial charge in [-0.2, -0.15) is 5.10 Å². The average Bonchev–Trinajstić information content (AvgIpc) is 2.81. The van der Waals surface area contributed by atoms with Crippen LogP contribution in [0.15, 0.2) is 77.9 Å².